The number of carbonyl (C=O) groups is 1. The van der Waals surface area contributed by atoms with Crippen LogP contribution in [0.3, 0.4) is 0 Å². The van der Waals surface area contributed by atoms with Crippen molar-refractivity contribution < 1.29 is 4.79 Å². The number of anilines is 1. The first-order chi connectivity index (χ1) is 8.58. The number of halogens is 1. The number of aromatic nitrogens is 2. The summed E-state index contributed by atoms with van der Waals surface area (Å²) in [6.45, 7) is 0. The molecule has 0 bridgehead atoms. The highest BCUT2D eigenvalue weighted by molar-refractivity contribution is 9.10. The Hall–Kier alpha value is -1.62. The van der Waals surface area contributed by atoms with E-state index in [-0.39, 0.29) is 5.78 Å². The molecular weight excluding hydrogens is 294 g/mol. The van der Waals surface area contributed by atoms with Gasteiger partial charge in [0.1, 0.15) is 0 Å². The number of nitrogens with two attached hydrogens (primary N) is 1. The lowest BCUT2D eigenvalue weighted by Crippen LogP contribution is -2.05. The summed E-state index contributed by atoms with van der Waals surface area (Å²) in [5.74, 6) is 0.108. The first-order valence-electron chi connectivity index (χ1n) is 5.63. The molecule has 2 aromatic rings. The van der Waals surface area contributed by atoms with Gasteiger partial charge >= 0.3 is 0 Å². The molecule has 0 fully saturated rings. The number of ketones is 1. The van der Waals surface area contributed by atoms with E-state index in [0.717, 1.165) is 10.2 Å². The Morgan fingerprint density at radius 2 is 2.22 bits per heavy atom. The van der Waals surface area contributed by atoms with Gasteiger partial charge in [0.2, 0.25) is 0 Å². The summed E-state index contributed by atoms with van der Waals surface area (Å²) < 4.78 is 2.54. The molecule has 0 aliphatic carbocycles. The number of Topliss-reactive ketones (excluding diaryl/α,β-unsaturated/α-hetero) is 1. The van der Waals surface area contributed by atoms with Crippen LogP contribution in [0.25, 0.3) is 0 Å². The van der Waals surface area contributed by atoms with Gasteiger partial charge in [0.15, 0.2) is 5.78 Å². The molecule has 4 nitrogen and oxygen atoms in total. The molecule has 5 heteroatoms. The molecule has 0 amide bonds. The molecule has 94 valence electrons. The molecule has 0 aliphatic heterocycles. The SMILES string of the molecule is Cn1nccc1CCC(=O)c1ccc(N)c(Br)c1. The van der Waals surface area contributed by atoms with Gasteiger partial charge in [0.05, 0.1) is 0 Å². The third kappa shape index (κ3) is 2.79. The Morgan fingerprint density at radius 1 is 1.44 bits per heavy atom. The van der Waals surface area contributed by atoms with Gasteiger partial charge in [0, 0.05) is 41.1 Å². The maximum absolute atomic E-state index is 12.0. The lowest BCUT2D eigenvalue weighted by atomic mass is 10.1. The zero-order valence-electron chi connectivity index (χ0n) is 10.1. The zero-order chi connectivity index (χ0) is 13.1. The van der Waals surface area contributed by atoms with E-state index in [2.05, 4.69) is 21.0 Å². The topological polar surface area (TPSA) is 60.9 Å². The van der Waals surface area contributed by atoms with E-state index >= 15 is 0 Å². The van der Waals surface area contributed by atoms with Gasteiger partial charge in [0.25, 0.3) is 0 Å². The van der Waals surface area contributed by atoms with Crippen LogP contribution in [-0.4, -0.2) is 15.6 Å². The maximum atomic E-state index is 12.0. The average Bonchev–Trinajstić information content (AvgIpc) is 2.75. The molecule has 0 atom stereocenters. The molecular formula is C13H14BrN3O. The van der Waals surface area contributed by atoms with E-state index in [1.54, 1.807) is 29.1 Å². The van der Waals surface area contributed by atoms with Gasteiger partial charge in [-0.15, -0.1) is 0 Å². The highest BCUT2D eigenvalue weighted by Crippen LogP contribution is 2.21. The minimum absolute atomic E-state index is 0.108. The van der Waals surface area contributed by atoms with Crippen LogP contribution in [0.4, 0.5) is 5.69 Å². The van der Waals surface area contributed by atoms with E-state index in [0.29, 0.717) is 24.1 Å². The summed E-state index contributed by atoms with van der Waals surface area (Å²) >= 11 is 3.32. The minimum atomic E-state index is 0.108. The number of aryl methyl sites for hydroxylation is 2. The summed E-state index contributed by atoms with van der Waals surface area (Å²) in [5.41, 5.74) is 8.06. The van der Waals surface area contributed by atoms with Crippen molar-refractivity contribution in [3.8, 4) is 0 Å². The van der Waals surface area contributed by atoms with E-state index in [9.17, 15) is 4.79 Å². The normalized spacial score (nSPS) is 10.6. The van der Waals surface area contributed by atoms with Crippen LogP contribution >= 0.6 is 15.9 Å². The van der Waals surface area contributed by atoms with Crippen molar-refractivity contribution >= 4 is 27.4 Å². The van der Waals surface area contributed by atoms with E-state index in [1.165, 1.54) is 0 Å². The molecule has 2 N–H and O–H groups in total. The molecule has 18 heavy (non-hydrogen) atoms. The third-order valence-electron chi connectivity index (χ3n) is 2.85. The molecule has 0 unspecified atom stereocenters. The Balaban J connectivity index is 2.04. The largest absolute Gasteiger partial charge is 0.398 e. The lowest BCUT2D eigenvalue weighted by Gasteiger charge is -2.04. The van der Waals surface area contributed by atoms with E-state index in [1.807, 2.05) is 13.1 Å². The zero-order valence-corrected chi connectivity index (χ0v) is 11.6. The summed E-state index contributed by atoms with van der Waals surface area (Å²) in [4.78, 5) is 12.0. The molecule has 0 radical (unpaired) electrons. The van der Waals surface area contributed by atoms with Gasteiger partial charge < -0.3 is 5.73 Å². The summed E-state index contributed by atoms with van der Waals surface area (Å²) in [6.07, 6.45) is 2.90. The number of carbonyl (C=O) groups excluding carboxylic acids is 1. The predicted octanol–water partition coefficient (Wildman–Crippen LogP) is 2.58. The molecule has 0 aliphatic rings. The molecule has 2 rings (SSSR count). The van der Waals surface area contributed by atoms with Crippen LogP contribution < -0.4 is 5.73 Å². The molecule has 1 heterocycles. The van der Waals surface area contributed by atoms with Crippen LogP contribution in [0.2, 0.25) is 0 Å². The predicted molar refractivity (Wildman–Crippen MR) is 74.4 cm³/mol. The summed E-state index contributed by atoms with van der Waals surface area (Å²) in [6, 6.07) is 7.18. The van der Waals surface area contributed by atoms with Gasteiger partial charge in [-0.25, -0.2) is 0 Å². The van der Waals surface area contributed by atoms with Crippen molar-refractivity contribution in [2.24, 2.45) is 7.05 Å². The molecule has 0 spiro atoms. The fraction of sp³-hybridized carbons (Fsp3) is 0.231. The van der Waals surface area contributed by atoms with Gasteiger partial charge in [-0.05, 0) is 46.6 Å². The standard InChI is InChI=1S/C13H14BrN3O/c1-17-10(6-7-16-17)3-5-13(18)9-2-4-12(15)11(14)8-9/h2,4,6-8H,3,5,15H2,1H3. The van der Waals surface area contributed by atoms with Crippen LogP contribution in [-0.2, 0) is 13.5 Å². The Kier molecular flexibility index (Phi) is 3.81. The van der Waals surface area contributed by atoms with Crippen LogP contribution in [0.1, 0.15) is 22.5 Å². The van der Waals surface area contributed by atoms with Crippen LogP contribution in [0.5, 0.6) is 0 Å². The Bertz CT molecular complexity index is 577. The molecule has 0 saturated heterocycles. The van der Waals surface area contributed by atoms with E-state index in [4.69, 9.17) is 5.73 Å². The molecule has 0 saturated carbocycles. The fourth-order valence-corrected chi connectivity index (χ4v) is 2.11. The number of nitrogens with zero attached hydrogens (tertiary/aromatic N) is 2. The van der Waals surface area contributed by atoms with Gasteiger partial charge in [-0.3, -0.25) is 9.48 Å². The fourth-order valence-electron chi connectivity index (χ4n) is 1.73. The van der Waals surface area contributed by atoms with Crippen molar-refractivity contribution in [3.63, 3.8) is 0 Å². The lowest BCUT2D eigenvalue weighted by molar-refractivity contribution is 0.0982. The van der Waals surface area contributed by atoms with Crippen molar-refractivity contribution in [3.05, 3.63) is 46.2 Å². The second-order valence-corrected chi connectivity index (χ2v) is 4.96. The number of rotatable bonds is 4. The first-order valence-corrected chi connectivity index (χ1v) is 6.42. The van der Waals surface area contributed by atoms with Crippen molar-refractivity contribution in [2.45, 2.75) is 12.8 Å². The van der Waals surface area contributed by atoms with Gasteiger partial charge in [-0.1, -0.05) is 0 Å². The van der Waals surface area contributed by atoms with Crippen LogP contribution in [0.15, 0.2) is 34.9 Å². The second-order valence-electron chi connectivity index (χ2n) is 4.11. The number of hydrogen-bond donors (Lipinski definition) is 1. The molecule has 1 aromatic carbocycles. The third-order valence-corrected chi connectivity index (χ3v) is 3.54. The Labute approximate surface area is 114 Å². The van der Waals surface area contributed by atoms with Crippen LogP contribution in [0, 0.1) is 0 Å². The minimum Gasteiger partial charge on any atom is -0.398 e. The van der Waals surface area contributed by atoms with Gasteiger partial charge in [-0.2, -0.15) is 5.10 Å². The van der Waals surface area contributed by atoms with Crippen molar-refractivity contribution in [1.82, 2.24) is 9.78 Å². The average molecular weight is 308 g/mol. The number of nitrogen functional groups attached to an aromatic ring is 1. The quantitative estimate of drug-likeness (QED) is 0.697. The summed E-state index contributed by atoms with van der Waals surface area (Å²) in [5, 5.41) is 4.07. The summed E-state index contributed by atoms with van der Waals surface area (Å²) in [7, 11) is 1.87. The van der Waals surface area contributed by atoms with E-state index < -0.39 is 0 Å². The monoisotopic (exact) mass is 307 g/mol. The first kappa shape index (κ1) is 12.8. The highest BCUT2D eigenvalue weighted by atomic mass is 79.9. The van der Waals surface area contributed by atoms with Crippen molar-refractivity contribution in [2.75, 3.05) is 5.73 Å². The number of benzene rings is 1. The highest BCUT2D eigenvalue weighted by Gasteiger charge is 2.09. The van der Waals surface area contributed by atoms with Crippen molar-refractivity contribution in [1.29, 1.82) is 0 Å². The smallest absolute Gasteiger partial charge is 0.163 e. The maximum Gasteiger partial charge on any atom is 0.163 e. The second kappa shape index (κ2) is 5.35. The molecule has 1 aromatic heterocycles. The Morgan fingerprint density at radius 3 is 2.83 bits per heavy atom. The number of hydrogen-bond acceptors (Lipinski definition) is 3.